The third-order valence-corrected chi connectivity index (χ3v) is 6.83. The topological polar surface area (TPSA) is 15.3 Å². The Labute approximate surface area is 130 Å². The third-order valence-electron chi connectivity index (χ3n) is 5.69. The van der Waals surface area contributed by atoms with Crippen LogP contribution < -0.4 is 5.32 Å². The minimum absolute atomic E-state index is 0.321. The van der Waals surface area contributed by atoms with Crippen molar-refractivity contribution in [2.75, 3.05) is 19.3 Å². The first-order chi connectivity index (χ1) is 9.49. The molecule has 2 aliphatic rings. The Bertz CT molecular complexity index is 299. The van der Waals surface area contributed by atoms with Crippen LogP contribution in [0.15, 0.2) is 0 Å². The molecule has 3 heteroatoms. The molecule has 2 atom stereocenters. The third kappa shape index (κ3) is 3.72. The standard InChI is InChI=1S/C17H34N2S/c1-6-17(4)12-19(16(11-18-17)13(2)3)14-7-9-15(20-5)10-8-14/h13-16,18H,6-12H2,1-5H3. The van der Waals surface area contributed by atoms with Crippen LogP contribution in [0.1, 0.15) is 59.8 Å². The number of rotatable bonds is 4. The number of thioether (sulfide) groups is 1. The lowest BCUT2D eigenvalue weighted by atomic mass is 9.85. The normalized spacial score (nSPS) is 40.2. The second-order valence-electron chi connectivity index (χ2n) is 7.45. The van der Waals surface area contributed by atoms with Gasteiger partial charge in [0, 0.05) is 36.0 Å². The Balaban J connectivity index is 2.04. The average Bonchev–Trinajstić information content (AvgIpc) is 2.47. The summed E-state index contributed by atoms with van der Waals surface area (Å²) < 4.78 is 0. The van der Waals surface area contributed by atoms with E-state index in [0.29, 0.717) is 5.54 Å². The van der Waals surface area contributed by atoms with Crippen LogP contribution in [0.2, 0.25) is 0 Å². The Kier molecular flexibility index (Phi) is 5.84. The maximum absolute atomic E-state index is 3.82. The van der Waals surface area contributed by atoms with E-state index >= 15 is 0 Å². The van der Waals surface area contributed by atoms with Crippen LogP contribution in [0, 0.1) is 5.92 Å². The van der Waals surface area contributed by atoms with E-state index in [0.717, 1.165) is 23.3 Å². The van der Waals surface area contributed by atoms with Crippen LogP contribution in [-0.2, 0) is 0 Å². The quantitative estimate of drug-likeness (QED) is 0.851. The molecule has 0 aromatic heterocycles. The summed E-state index contributed by atoms with van der Waals surface area (Å²) in [6, 6.07) is 1.56. The van der Waals surface area contributed by atoms with Gasteiger partial charge in [0.15, 0.2) is 0 Å². The fraction of sp³-hybridized carbons (Fsp3) is 1.00. The average molecular weight is 299 g/mol. The van der Waals surface area contributed by atoms with Gasteiger partial charge in [-0.15, -0.1) is 0 Å². The predicted octanol–water partition coefficient (Wildman–Crippen LogP) is 3.76. The Morgan fingerprint density at radius 3 is 2.40 bits per heavy atom. The van der Waals surface area contributed by atoms with Gasteiger partial charge in [0.25, 0.3) is 0 Å². The number of piperazine rings is 1. The van der Waals surface area contributed by atoms with Gasteiger partial charge in [0.05, 0.1) is 0 Å². The summed E-state index contributed by atoms with van der Waals surface area (Å²) in [5, 5.41) is 4.74. The van der Waals surface area contributed by atoms with Crippen molar-refractivity contribution in [1.82, 2.24) is 10.2 Å². The molecule has 2 unspecified atom stereocenters. The highest BCUT2D eigenvalue weighted by Gasteiger charge is 2.39. The molecule has 1 N–H and O–H groups in total. The molecular formula is C17H34N2S. The van der Waals surface area contributed by atoms with Crippen molar-refractivity contribution in [3.05, 3.63) is 0 Å². The maximum atomic E-state index is 3.82. The molecule has 0 spiro atoms. The van der Waals surface area contributed by atoms with Crippen LogP contribution in [-0.4, -0.2) is 47.1 Å². The van der Waals surface area contributed by atoms with Gasteiger partial charge in [-0.2, -0.15) is 11.8 Å². The molecule has 118 valence electrons. The van der Waals surface area contributed by atoms with Crippen LogP contribution in [0.3, 0.4) is 0 Å². The molecule has 2 fully saturated rings. The zero-order valence-corrected chi connectivity index (χ0v) is 14.9. The first-order valence-corrected chi connectivity index (χ1v) is 9.81. The number of nitrogens with one attached hydrogen (secondary N) is 1. The smallest absolute Gasteiger partial charge is 0.0278 e. The van der Waals surface area contributed by atoms with Crippen LogP contribution in [0.25, 0.3) is 0 Å². The predicted molar refractivity (Wildman–Crippen MR) is 91.6 cm³/mol. The molecule has 0 aromatic rings. The second-order valence-corrected chi connectivity index (χ2v) is 8.58. The lowest BCUT2D eigenvalue weighted by Gasteiger charge is -2.51. The van der Waals surface area contributed by atoms with E-state index < -0.39 is 0 Å². The van der Waals surface area contributed by atoms with Crippen molar-refractivity contribution in [2.45, 2.75) is 82.7 Å². The van der Waals surface area contributed by atoms with Crippen molar-refractivity contribution in [2.24, 2.45) is 5.92 Å². The summed E-state index contributed by atoms with van der Waals surface area (Å²) in [5.74, 6) is 0.752. The molecule has 2 nitrogen and oxygen atoms in total. The van der Waals surface area contributed by atoms with Gasteiger partial charge in [-0.05, 0) is 51.2 Å². The Morgan fingerprint density at radius 1 is 1.25 bits per heavy atom. The minimum Gasteiger partial charge on any atom is -0.309 e. The second kappa shape index (κ2) is 7.02. The molecule has 2 rings (SSSR count). The van der Waals surface area contributed by atoms with Gasteiger partial charge in [-0.3, -0.25) is 4.90 Å². The highest BCUT2D eigenvalue weighted by molar-refractivity contribution is 7.99. The minimum atomic E-state index is 0.321. The van der Waals surface area contributed by atoms with Gasteiger partial charge in [-0.25, -0.2) is 0 Å². The van der Waals surface area contributed by atoms with E-state index in [2.05, 4.69) is 55.9 Å². The highest BCUT2D eigenvalue weighted by Crippen LogP contribution is 2.34. The van der Waals surface area contributed by atoms with Gasteiger partial charge < -0.3 is 5.32 Å². The van der Waals surface area contributed by atoms with E-state index in [-0.39, 0.29) is 0 Å². The van der Waals surface area contributed by atoms with Crippen molar-refractivity contribution in [3.63, 3.8) is 0 Å². The van der Waals surface area contributed by atoms with Crippen molar-refractivity contribution < 1.29 is 0 Å². The first-order valence-electron chi connectivity index (χ1n) is 8.52. The maximum Gasteiger partial charge on any atom is 0.0278 e. The van der Waals surface area contributed by atoms with Crippen molar-refractivity contribution >= 4 is 11.8 Å². The summed E-state index contributed by atoms with van der Waals surface area (Å²) in [6.07, 6.45) is 9.17. The van der Waals surface area contributed by atoms with E-state index in [1.807, 2.05) is 0 Å². The van der Waals surface area contributed by atoms with Crippen molar-refractivity contribution in [3.8, 4) is 0 Å². The molecule has 0 radical (unpaired) electrons. The van der Waals surface area contributed by atoms with Crippen LogP contribution in [0.4, 0.5) is 0 Å². The largest absolute Gasteiger partial charge is 0.309 e. The summed E-state index contributed by atoms with van der Waals surface area (Å²) in [6.45, 7) is 11.9. The molecule has 0 bridgehead atoms. The van der Waals surface area contributed by atoms with E-state index in [4.69, 9.17) is 0 Å². The van der Waals surface area contributed by atoms with Gasteiger partial charge >= 0.3 is 0 Å². The Hall–Kier alpha value is 0.270. The highest BCUT2D eigenvalue weighted by atomic mass is 32.2. The summed E-state index contributed by atoms with van der Waals surface area (Å²) >= 11 is 2.07. The van der Waals surface area contributed by atoms with Crippen LogP contribution >= 0.6 is 11.8 Å². The van der Waals surface area contributed by atoms with Crippen LogP contribution in [0.5, 0.6) is 0 Å². The van der Waals surface area contributed by atoms with Gasteiger partial charge in [-0.1, -0.05) is 20.8 Å². The molecule has 0 aromatic carbocycles. The van der Waals surface area contributed by atoms with E-state index in [9.17, 15) is 0 Å². The molecule has 1 aliphatic carbocycles. The molecule has 20 heavy (non-hydrogen) atoms. The van der Waals surface area contributed by atoms with Crippen molar-refractivity contribution in [1.29, 1.82) is 0 Å². The fourth-order valence-electron chi connectivity index (χ4n) is 3.91. The summed E-state index contributed by atoms with van der Waals surface area (Å²) in [5.41, 5.74) is 0.321. The summed E-state index contributed by atoms with van der Waals surface area (Å²) in [7, 11) is 0. The number of hydrogen-bond donors (Lipinski definition) is 1. The Morgan fingerprint density at radius 2 is 1.90 bits per heavy atom. The molecule has 0 amide bonds. The van der Waals surface area contributed by atoms with E-state index in [1.165, 1.54) is 45.2 Å². The zero-order valence-electron chi connectivity index (χ0n) is 14.1. The first kappa shape index (κ1) is 16.6. The molecular weight excluding hydrogens is 264 g/mol. The van der Waals surface area contributed by atoms with Gasteiger partial charge in [0.1, 0.15) is 0 Å². The SMILES string of the molecule is CCC1(C)CN(C2CCC(SC)CC2)C(C(C)C)CN1. The summed E-state index contributed by atoms with van der Waals surface area (Å²) in [4.78, 5) is 2.88. The monoisotopic (exact) mass is 298 g/mol. The molecule has 1 aliphatic heterocycles. The number of nitrogens with zero attached hydrogens (tertiary/aromatic N) is 1. The number of hydrogen-bond acceptors (Lipinski definition) is 3. The lowest BCUT2D eigenvalue weighted by Crippen LogP contribution is -2.66. The lowest BCUT2D eigenvalue weighted by molar-refractivity contribution is 0.0123. The zero-order chi connectivity index (χ0) is 14.8. The fourth-order valence-corrected chi connectivity index (χ4v) is 4.66. The molecule has 1 saturated carbocycles. The molecule has 1 saturated heterocycles. The molecule has 1 heterocycles. The van der Waals surface area contributed by atoms with E-state index in [1.54, 1.807) is 0 Å². The van der Waals surface area contributed by atoms with Gasteiger partial charge in [0.2, 0.25) is 0 Å².